The van der Waals surface area contributed by atoms with E-state index >= 15 is 0 Å². The van der Waals surface area contributed by atoms with Crippen molar-refractivity contribution in [2.45, 2.75) is 36.7 Å². The second kappa shape index (κ2) is 12.7. The van der Waals surface area contributed by atoms with Gasteiger partial charge in [0.2, 0.25) is 0 Å². The van der Waals surface area contributed by atoms with Crippen molar-refractivity contribution in [2.24, 2.45) is 0 Å². The van der Waals surface area contributed by atoms with Gasteiger partial charge in [-0.15, -0.1) is 21.5 Å². The minimum atomic E-state index is -0.143. The molecule has 0 aliphatic heterocycles. The Labute approximate surface area is 236 Å². The Bertz CT molecular complexity index is 1520. The second-order valence-corrected chi connectivity index (χ2v) is 10.9. The first-order valence-corrected chi connectivity index (χ1v) is 14.5. The van der Waals surface area contributed by atoms with Crippen LogP contribution in [0.2, 0.25) is 0 Å². The molecule has 1 N–H and O–H groups in total. The SMILES string of the molecule is COc1cccc(-c2nnc(SCc3nc(C(=O)NC(C)CCc4ccccc4)cs3)n2-c2ccccc2)c1. The lowest BCUT2D eigenvalue weighted by molar-refractivity contribution is 0.0934. The predicted molar refractivity (Wildman–Crippen MR) is 157 cm³/mol. The van der Waals surface area contributed by atoms with Crippen LogP contribution in [0.5, 0.6) is 5.75 Å². The number of thiazole rings is 1. The van der Waals surface area contributed by atoms with E-state index in [1.807, 2.05) is 89.7 Å². The number of amides is 1. The number of methoxy groups -OCH3 is 1. The van der Waals surface area contributed by atoms with Gasteiger partial charge in [0.15, 0.2) is 11.0 Å². The van der Waals surface area contributed by atoms with E-state index in [2.05, 4.69) is 32.6 Å². The van der Waals surface area contributed by atoms with Crippen molar-refractivity contribution in [3.63, 3.8) is 0 Å². The number of ether oxygens (including phenoxy) is 1. The van der Waals surface area contributed by atoms with Crippen LogP contribution in [0.1, 0.15) is 34.4 Å². The van der Waals surface area contributed by atoms with E-state index < -0.39 is 0 Å². The zero-order valence-electron chi connectivity index (χ0n) is 21.8. The van der Waals surface area contributed by atoms with E-state index in [-0.39, 0.29) is 11.9 Å². The molecule has 0 spiro atoms. The second-order valence-electron chi connectivity index (χ2n) is 9.02. The zero-order valence-corrected chi connectivity index (χ0v) is 23.4. The average molecular weight is 556 g/mol. The van der Waals surface area contributed by atoms with Crippen LogP contribution in [0, 0.1) is 0 Å². The number of carbonyl (C=O) groups is 1. The molecular formula is C30H29N5O2S2. The van der Waals surface area contributed by atoms with Gasteiger partial charge in [-0.05, 0) is 49.6 Å². The van der Waals surface area contributed by atoms with Crippen LogP contribution in [0.3, 0.4) is 0 Å². The number of hydrogen-bond acceptors (Lipinski definition) is 7. The Hall–Kier alpha value is -3.95. The molecule has 5 rings (SSSR count). The molecule has 5 aromatic rings. The van der Waals surface area contributed by atoms with Crippen LogP contribution in [0.15, 0.2) is 95.5 Å². The van der Waals surface area contributed by atoms with Crippen molar-refractivity contribution >= 4 is 29.0 Å². The Morgan fingerprint density at radius 1 is 1.03 bits per heavy atom. The maximum atomic E-state index is 12.8. The monoisotopic (exact) mass is 555 g/mol. The summed E-state index contributed by atoms with van der Waals surface area (Å²) in [6.07, 6.45) is 1.79. The van der Waals surface area contributed by atoms with Gasteiger partial charge in [0, 0.05) is 22.7 Å². The van der Waals surface area contributed by atoms with Crippen molar-refractivity contribution in [1.29, 1.82) is 0 Å². The number of aryl methyl sites for hydroxylation is 1. The fraction of sp³-hybridized carbons (Fsp3) is 0.200. The number of carbonyl (C=O) groups excluding carboxylic acids is 1. The van der Waals surface area contributed by atoms with Gasteiger partial charge in [0.25, 0.3) is 5.91 Å². The third kappa shape index (κ3) is 6.74. The third-order valence-electron chi connectivity index (χ3n) is 6.17. The smallest absolute Gasteiger partial charge is 0.270 e. The Balaban J connectivity index is 1.26. The Morgan fingerprint density at radius 3 is 2.56 bits per heavy atom. The molecule has 7 nitrogen and oxygen atoms in total. The minimum absolute atomic E-state index is 0.0525. The fourth-order valence-corrected chi connectivity index (χ4v) is 5.87. The summed E-state index contributed by atoms with van der Waals surface area (Å²) in [6.45, 7) is 2.03. The third-order valence-corrected chi connectivity index (χ3v) is 8.14. The standard InChI is InChI=1S/C30H29N5O2S2/c1-21(16-17-22-10-5-3-6-11-22)31-29(36)26-19-38-27(32-26)20-39-30-34-33-28(23-12-9-15-25(18-23)37-2)35(30)24-13-7-4-8-14-24/h3-15,18-19,21H,16-17,20H2,1-2H3,(H,31,36). The summed E-state index contributed by atoms with van der Waals surface area (Å²) in [5.41, 5.74) is 3.59. The van der Waals surface area contributed by atoms with Crippen LogP contribution in [-0.4, -0.2) is 38.8 Å². The highest BCUT2D eigenvalue weighted by molar-refractivity contribution is 7.98. The molecule has 2 aromatic heterocycles. The first kappa shape index (κ1) is 26.6. The number of aromatic nitrogens is 4. The molecule has 0 aliphatic carbocycles. The minimum Gasteiger partial charge on any atom is -0.497 e. The van der Waals surface area contributed by atoms with Gasteiger partial charge in [-0.2, -0.15) is 0 Å². The molecule has 0 fully saturated rings. The van der Waals surface area contributed by atoms with Crippen molar-refractivity contribution in [3.8, 4) is 22.8 Å². The largest absolute Gasteiger partial charge is 0.497 e. The van der Waals surface area contributed by atoms with Crippen LogP contribution in [-0.2, 0) is 12.2 Å². The summed E-state index contributed by atoms with van der Waals surface area (Å²) in [5.74, 6) is 1.92. The molecular weight excluding hydrogens is 526 g/mol. The molecule has 0 saturated carbocycles. The van der Waals surface area contributed by atoms with Gasteiger partial charge < -0.3 is 10.1 Å². The fourth-order valence-electron chi connectivity index (χ4n) is 4.13. The summed E-state index contributed by atoms with van der Waals surface area (Å²) in [4.78, 5) is 17.4. The molecule has 0 bridgehead atoms. The van der Waals surface area contributed by atoms with Crippen LogP contribution < -0.4 is 10.1 Å². The number of rotatable bonds is 11. The maximum absolute atomic E-state index is 12.8. The lowest BCUT2D eigenvalue weighted by Crippen LogP contribution is -2.33. The molecule has 198 valence electrons. The lowest BCUT2D eigenvalue weighted by Gasteiger charge is -2.13. The predicted octanol–water partition coefficient (Wildman–Crippen LogP) is 6.44. The summed E-state index contributed by atoms with van der Waals surface area (Å²) in [5, 5.41) is 15.5. The lowest BCUT2D eigenvalue weighted by atomic mass is 10.1. The van der Waals surface area contributed by atoms with Crippen LogP contribution in [0.4, 0.5) is 0 Å². The van der Waals surface area contributed by atoms with E-state index in [0.29, 0.717) is 11.4 Å². The molecule has 1 amide bonds. The zero-order chi connectivity index (χ0) is 27.0. The molecule has 1 unspecified atom stereocenters. The molecule has 0 saturated heterocycles. The van der Waals surface area contributed by atoms with Crippen molar-refractivity contribution < 1.29 is 9.53 Å². The first-order chi connectivity index (χ1) is 19.1. The van der Waals surface area contributed by atoms with Crippen LogP contribution >= 0.6 is 23.1 Å². The molecule has 39 heavy (non-hydrogen) atoms. The van der Waals surface area contributed by atoms with Crippen molar-refractivity contribution in [3.05, 3.63) is 107 Å². The maximum Gasteiger partial charge on any atom is 0.270 e. The van der Waals surface area contributed by atoms with Crippen LogP contribution in [0.25, 0.3) is 17.1 Å². The van der Waals surface area contributed by atoms with E-state index in [1.165, 1.54) is 28.7 Å². The molecule has 1 atom stereocenters. The van der Waals surface area contributed by atoms with E-state index in [9.17, 15) is 4.79 Å². The number of nitrogens with one attached hydrogen (secondary N) is 1. The highest BCUT2D eigenvalue weighted by Crippen LogP contribution is 2.31. The first-order valence-electron chi connectivity index (χ1n) is 12.7. The topological polar surface area (TPSA) is 81.9 Å². The highest BCUT2D eigenvalue weighted by atomic mass is 32.2. The summed E-state index contributed by atoms with van der Waals surface area (Å²) in [7, 11) is 1.65. The van der Waals surface area contributed by atoms with Gasteiger partial charge >= 0.3 is 0 Å². The number of thioether (sulfide) groups is 1. The molecule has 9 heteroatoms. The summed E-state index contributed by atoms with van der Waals surface area (Å²) in [6, 6.07) is 28.2. The Kier molecular flexibility index (Phi) is 8.70. The molecule has 3 aromatic carbocycles. The number of hydrogen-bond donors (Lipinski definition) is 1. The van der Waals surface area contributed by atoms with Gasteiger partial charge in [0.1, 0.15) is 16.5 Å². The molecule has 0 aliphatic rings. The van der Waals surface area contributed by atoms with E-state index in [1.54, 1.807) is 7.11 Å². The summed E-state index contributed by atoms with van der Waals surface area (Å²) < 4.78 is 7.45. The number of benzene rings is 3. The van der Waals surface area contributed by atoms with Gasteiger partial charge in [-0.1, -0.05) is 72.4 Å². The van der Waals surface area contributed by atoms with Crippen molar-refractivity contribution in [1.82, 2.24) is 25.1 Å². The Morgan fingerprint density at radius 2 is 1.79 bits per heavy atom. The molecule has 2 heterocycles. The van der Waals surface area contributed by atoms with Crippen molar-refractivity contribution in [2.75, 3.05) is 7.11 Å². The number of para-hydroxylation sites is 1. The molecule has 0 radical (unpaired) electrons. The average Bonchev–Trinajstić information content (AvgIpc) is 3.63. The van der Waals surface area contributed by atoms with E-state index in [0.717, 1.165) is 45.8 Å². The highest BCUT2D eigenvalue weighted by Gasteiger charge is 2.18. The van der Waals surface area contributed by atoms with Gasteiger partial charge in [-0.3, -0.25) is 9.36 Å². The van der Waals surface area contributed by atoms with Gasteiger partial charge in [-0.25, -0.2) is 4.98 Å². The van der Waals surface area contributed by atoms with E-state index in [4.69, 9.17) is 4.74 Å². The normalized spacial score (nSPS) is 11.7. The number of nitrogens with zero attached hydrogens (tertiary/aromatic N) is 4. The van der Waals surface area contributed by atoms with Gasteiger partial charge in [0.05, 0.1) is 12.9 Å². The summed E-state index contributed by atoms with van der Waals surface area (Å²) >= 11 is 3.02. The quantitative estimate of drug-likeness (QED) is 0.189.